The van der Waals surface area contributed by atoms with Crippen molar-refractivity contribution in [3.8, 4) is 0 Å². The molecule has 26 heavy (non-hydrogen) atoms. The Morgan fingerprint density at radius 3 is 2.69 bits per heavy atom. The molecule has 1 fully saturated rings. The van der Waals surface area contributed by atoms with Gasteiger partial charge in [-0.2, -0.15) is 0 Å². The van der Waals surface area contributed by atoms with Crippen molar-refractivity contribution in [3.05, 3.63) is 35.9 Å². The van der Waals surface area contributed by atoms with Crippen LogP contribution in [0.15, 0.2) is 45.3 Å². The molecule has 0 saturated carbocycles. The van der Waals surface area contributed by atoms with E-state index in [-0.39, 0.29) is 13.3 Å². The highest BCUT2D eigenvalue weighted by molar-refractivity contribution is 7.83. The van der Waals surface area contributed by atoms with Crippen LogP contribution in [0.4, 0.5) is 0 Å². The Bertz CT molecular complexity index is 771. The van der Waals surface area contributed by atoms with Gasteiger partial charge in [0.1, 0.15) is 37.0 Å². The van der Waals surface area contributed by atoms with E-state index in [4.69, 9.17) is 17.4 Å². The number of benzene rings is 1. The number of hydrogen-bond donors (Lipinski definition) is 4. The van der Waals surface area contributed by atoms with E-state index < -0.39 is 29.4 Å². The first-order chi connectivity index (χ1) is 12.5. The smallest absolute Gasteiger partial charge is 0.162 e. The number of rotatable bonds is 4. The van der Waals surface area contributed by atoms with Gasteiger partial charge in [0.25, 0.3) is 0 Å². The highest BCUT2D eigenvalue weighted by atomic mass is 32.1. The minimum absolute atomic E-state index is 0.210. The SMILES string of the molecule is OC[C@H]1O[C@@H](N2CN=C3C2=NC=NC3(S)Cc2ccccc2)[C@H](O)[C@@H]1O. The molecule has 138 valence electrons. The van der Waals surface area contributed by atoms with Crippen LogP contribution in [0.3, 0.4) is 0 Å². The Morgan fingerprint density at radius 2 is 2.00 bits per heavy atom. The molecule has 4 rings (SSSR count). The summed E-state index contributed by atoms with van der Waals surface area (Å²) in [6.07, 6.45) is -2.06. The topological polar surface area (TPSA) is 110 Å². The van der Waals surface area contributed by atoms with E-state index in [0.717, 1.165) is 5.56 Å². The quantitative estimate of drug-likeness (QED) is 0.527. The van der Waals surface area contributed by atoms with Gasteiger partial charge in [-0.1, -0.05) is 30.3 Å². The van der Waals surface area contributed by atoms with Crippen LogP contribution in [-0.2, 0) is 11.2 Å². The normalized spacial score (nSPS) is 36.1. The molecule has 5 atom stereocenters. The third-order valence-electron chi connectivity index (χ3n) is 4.81. The van der Waals surface area contributed by atoms with Crippen LogP contribution < -0.4 is 0 Å². The van der Waals surface area contributed by atoms with Crippen LogP contribution in [0.25, 0.3) is 0 Å². The summed E-state index contributed by atoms with van der Waals surface area (Å²) in [6, 6.07) is 9.85. The molecule has 0 amide bonds. The fraction of sp³-hybridized carbons (Fsp3) is 0.471. The summed E-state index contributed by atoms with van der Waals surface area (Å²) in [5.74, 6) is 0.515. The molecule has 0 spiro atoms. The molecule has 3 aliphatic rings. The van der Waals surface area contributed by atoms with E-state index in [1.54, 1.807) is 4.90 Å². The van der Waals surface area contributed by atoms with Crippen LogP contribution >= 0.6 is 12.6 Å². The van der Waals surface area contributed by atoms with Gasteiger partial charge in [0.05, 0.1) is 6.61 Å². The van der Waals surface area contributed by atoms with Gasteiger partial charge >= 0.3 is 0 Å². The zero-order valence-corrected chi connectivity index (χ0v) is 14.8. The number of fused-ring (bicyclic) bond motifs is 1. The van der Waals surface area contributed by atoms with Crippen molar-refractivity contribution in [2.75, 3.05) is 13.3 Å². The van der Waals surface area contributed by atoms with Gasteiger partial charge in [0.2, 0.25) is 0 Å². The fourth-order valence-electron chi connectivity index (χ4n) is 3.45. The number of thiol groups is 1. The zero-order valence-electron chi connectivity index (χ0n) is 13.9. The van der Waals surface area contributed by atoms with Gasteiger partial charge in [-0.15, -0.1) is 12.6 Å². The number of aliphatic hydroxyl groups excluding tert-OH is 3. The Labute approximate surface area is 156 Å². The summed E-state index contributed by atoms with van der Waals surface area (Å²) in [5.41, 5.74) is 1.67. The average Bonchev–Trinajstić information content (AvgIpc) is 3.19. The minimum Gasteiger partial charge on any atom is -0.394 e. The molecular formula is C17H20N4O4S. The summed E-state index contributed by atoms with van der Waals surface area (Å²) < 4.78 is 5.61. The maximum atomic E-state index is 10.3. The fourth-order valence-corrected chi connectivity index (χ4v) is 3.86. The molecule has 3 heterocycles. The predicted molar refractivity (Wildman–Crippen MR) is 99.7 cm³/mol. The molecular weight excluding hydrogens is 356 g/mol. The van der Waals surface area contributed by atoms with E-state index in [1.807, 2.05) is 30.3 Å². The zero-order chi connectivity index (χ0) is 18.3. The molecule has 0 radical (unpaired) electrons. The maximum absolute atomic E-state index is 10.3. The summed E-state index contributed by atoms with van der Waals surface area (Å²) >= 11 is 4.77. The van der Waals surface area contributed by atoms with Gasteiger partial charge in [-0.3, -0.25) is 4.99 Å². The van der Waals surface area contributed by atoms with Crippen LogP contribution in [-0.4, -0.2) is 80.8 Å². The first kappa shape index (κ1) is 17.6. The maximum Gasteiger partial charge on any atom is 0.162 e. The summed E-state index contributed by atoms with van der Waals surface area (Å²) in [6.45, 7) is -0.171. The summed E-state index contributed by atoms with van der Waals surface area (Å²) in [7, 11) is 0. The second-order valence-corrected chi connectivity index (χ2v) is 7.26. The lowest BCUT2D eigenvalue weighted by atomic mass is 10.00. The lowest BCUT2D eigenvalue weighted by Crippen LogP contribution is -2.50. The first-order valence-electron chi connectivity index (χ1n) is 8.36. The lowest BCUT2D eigenvalue weighted by molar-refractivity contribution is -0.0688. The van der Waals surface area contributed by atoms with Gasteiger partial charge in [-0.25, -0.2) is 9.98 Å². The molecule has 1 aromatic rings. The van der Waals surface area contributed by atoms with Gasteiger partial charge in [-0.05, 0) is 5.56 Å². The molecule has 0 aliphatic carbocycles. The predicted octanol–water partition coefficient (Wildman–Crippen LogP) is -0.551. The van der Waals surface area contributed by atoms with E-state index >= 15 is 0 Å². The number of aliphatic hydroxyl groups is 3. The third-order valence-corrected chi connectivity index (χ3v) is 5.30. The van der Waals surface area contributed by atoms with Crippen molar-refractivity contribution in [2.24, 2.45) is 15.0 Å². The van der Waals surface area contributed by atoms with Crippen LogP contribution in [0.1, 0.15) is 5.56 Å². The highest BCUT2D eigenvalue weighted by Crippen LogP contribution is 2.33. The van der Waals surface area contributed by atoms with E-state index in [2.05, 4.69) is 15.0 Å². The van der Waals surface area contributed by atoms with Gasteiger partial charge in [0.15, 0.2) is 16.9 Å². The largest absolute Gasteiger partial charge is 0.394 e. The highest BCUT2D eigenvalue weighted by Gasteiger charge is 2.50. The molecule has 3 aliphatic heterocycles. The van der Waals surface area contributed by atoms with Crippen LogP contribution in [0, 0.1) is 0 Å². The standard InChI is InChI=1S/C17H20N4O4S/c22-7-11-12(23)13(24)16(25-11)21-9-19-14-15(21)18-8-20-17(14,26)6-10-4-2-1-3-5-10/h1-5,8,11-13,16,22-24,26H,6-7,9H2/t11-,12-,13-,16-,17?/m1/s1. The molecule has 9 heteroatoms. The van der Waals surface area contributed by atoms with Gasteiger partial charge in [0, 0.05) is 6.42 Å². The van der Waals surface area contributed by atoms with E-state index in [0.29, 0.717) is 18.0 Å². The molecule has 8 nitrogen and oxygen atoms in total. The van der Waals surface area contributed by atoms with Crippen molar-refractivity contribution in [1.29, 1.82) is 0 Å². The van der Waals surface area contributed by atoms with Gasteiger partial charge < -0.3 is 25.0 Å². The van der Waals surface area contributed by atoms with Crippen molar-refractivity contribution in [1.82, 2.24) is 4.90 Å². The van der Waals surface area contributed by atoms with E-state index in [1.165, 1.54) is 6.34 Å². The third kappa shape index (κ3) is 2.85. The van der Waals surface area contributed by atoms with Crippen LogP contribution in [0.2, 0.25) is 0 Å². The van der Waals surface area contributed by atoms with Crippen molar-refractivity contribution >= 4 is 30.5 Å². The minimum atomic E-state index is -1.17. The Kier molecular flexibility index (Phi) is 4.57. The van der Waals surface area contributed by atoms with Crippen molar-refractivity contribution in [2.45, 2.75) is 35.8 Å². The number of aliphatic imine (C=N–C) groups is 3. The number of amidine groups is 1. The second kappa shape index (κ2) is 6.75. The molecule has 0 aromatic heterocycles. The number of hydrogen-bond acceptors (Lipinski definition) is 9. The van der Waals surface area contributed by atoms with Crippen LogP contribution in [0.5, 0.6) is 0 Å². The lowest BCUT2D eigenvalue weighted by Gasteiger charge is -2.32. The molecule has 1 aromatic carbocycles. The van der Waals surface area contributed by atoms with Crippen molar-refractivity contribution < 1.29 is 20.1 Å². The summed E-state index contributed by atoms with van der Waals surface area (Å²) in [5, 5.41) is 29.6. The Hall–Kier alpha value is -1.78. The van der Waals surface area contributed by atoms with E-state index in [9.17, 15) is 15.3 Å². The average molecular weight is 376 g/mol. The second-order valence-electron chi connectivity index (χ2n) is 6.52. The number of nitrogens with zero attached hydrogens (tertiary/aromatic N) is 4. The van der Waals surface area contributed by atoms with Crippen molar-refractivity contribution in [3.63, 3.8) is 0 Å². The molecule has 0 bridgehead atoms. The first-order valence-corrected chi connectivity index (χ1v) is 8.80. The Balaban J connectivity index is 1.57. The number of ether oxygens (including phenoxy) is 1. The molecule has 1 unspecified atom stereocenters. The molecule has 3 N–H and O–H groups in total. The monoisotopic (exact) mass is 376 g/mol. The Morgan fingerprint density at radius 1 is 1.23 bits per heavy atom. The molecule has 1 saturated heterocycles. The summed E-state index contributed by atoms with van der Waals surface area (Å²) in [4.78, 5) is 14.1.